The van der Waals surface area contributed by atoms with E-state index in [0.717, 1.165) is 16.4 Å². The van der Waals surface area contributed by atoms with Crippen LogP contribution in [0.15, 0.2) is 30.3 Å². The summed E-state index contributed by atoms with van der Waals surface area (Å²) in [5.41, 5.74) is 0.941. The monoisotopic (exact) mass is 356 g/mol. The Balaban J connectivity index is 1.92. The number of nitrogens with one attached hydrogen (secondary N) is 1. The Labute approximate surface area is 154 Å². The molecule has 1 aliphatic rings. The SMILES string of the molecule is COC(=O)CCNc1cc(B2OC(C)(C)C(C)(C)O2)c2ccccc2n1. The first kappa shape index (κ1) is 18.7. The van der Waals surface area contributed by atoms with Crippen LogP contribution in [0.25, 0.3) is 10.9 Å². The quantitative estimate of drug-likeness (QED) is 0.656. The molecule has 0 spiro atoms. The second-order valence-electron chi connectivity index (χ2n) is 7.46. The summed E-state index contributed by atoms with van der Waals surface area (Å²) in [5, 5.41) is 4.17. The van der Waals surface area contributed by atoms with Gasteiger partial charge in [-0.3, -0.25) is 4.79 Å². The largest absolute Gasteiger partial charge is 0.495 e. The number of rotatable bonds is 5. The minimum atomic E-state index is -0.478. The van der Waals surface area contributed by atoms with Crippen LogP contribution >= 0.6 is 0 Å². The highest BCUT2D eigenvalue weighted by atomic mass is 16.7. The molecule has 1 saturated heterocycles. The Morgan fingerprint density at radius 1 is 1.19 bits per heavy atom. The van der Waals surface area contributed by atoms with E-state index in [0.29, 0.717) is 12.4 Å². The lowest BCUT2D eigenvalue weighted by Crippen LogP contribution is -2.41. The lowest BCUT2D eigenvalue weighted by atomic mass is 9.77. The number of aromatic nitrogens is 1. The van der Waals surface area contributed by atoms with Crippen LogP contribution in [0.5, 0.6) is 0 Å². The predicted octanol–water partition coefficient (Wildman–Crippen LogP) is 2.51. The molecule has 0 radical (unpaired) electrons. The minimum Gasteiger partial charge on any atom is -0.469 e. The number of benzene rings is 1. The molecular weight excluding hydrogens is 331 g/mol. The third-order valence-electron chi connectivity index (χ3n) is 5.12. The second-order valence-corrected chi connectivity index (χ2v) is 7.46. The number of carbonyl (C=O) groups excluding carboxylic acids is 1. The van der Waals surface area contributed by atoms with Crippen molar-refractivity contribution < 1.29 is 18.8 Å². The maximum absolute atomic E-state index is 11.3. The molecule has 1 N–H and O–H groups in total. The molecule has 138 valence electrons. The van der Waals surface area contributed by atoms with Crippen molar-refractivity contribution in [2.75, 3.05) is 19.0 Å². The van der Waals surface area contributed by atoms with Gasteiger partial charge in [-0.2, -0.15) is 0 Å². The summed E-state index contributed by atoms with van der Waals surface area (Å²) >= 11 is 0. The zero-order chi connectivity index (χ0) is 18.9. The number of anilines is 1. The number of hydrogen-bond acceptors (Lipinski definition) is 6. The van der Waals surface area contributed by atoms with Crippen molar-refractivity contribution in [1.29, 1.82) is 0 Å². The summed E-state index contributed by atoms with van der Waals surface area (Å²) in [4.78, 5) is 15.9. The van der Waals surface area contributed by atoms with Gasteiger partial charge < -0.3 is 19.4 Å². The Bertz CT molecular complexity index is 806. The molecule has 0 aliphatic carbocycles. The maximum Gasteiger partial charge on any atom is 0.495 e. The number of ether oxygens (including phenoxy) is 1. The normalized spacial score (nSPS) is 18.1. The molecule has 0 saturated carbocycles. The van der Waals surface area contributed by atoms with Gasteiger partial charge in [0.15, 0.2) is 0 Å². The van der Waals surface area contributed by atoms with Crippen LogP contribution in [0, 0.1) is 0 Å². The molecule has 2 aromatic rings. The first-order valence-corrected chi connectivity index (χ1v) is 8.79. The van der Waals surface area contributed by atoms with Crippen LogP contribution in [-0.2, 0) is 18.8 Å². The minimum absolute atomic E-state index is 0.260. The molecule has 3 rings (SSSR count). The number of fused-ring (bicyclic) bond motifs is 1. The van der Waals surface area contributed by atoms with Crippen molar-refractivity contribution in [1.82, 2.24) is 4.98 Å². The van der Waals surface area contributed by atoms with E-state index in [-0.39, 0.29) is 12.4 Å². The van der Waals surface area contributed by atoms with Gasteiger partial charge in [-0.1, -0.05) is 18.2 Å². The lowest BCUT2D eigenvalue weighted by Gasteiger charge is -2.32. The van der Waals surface area contributed by atoms with Crippen LogP contribution in [0.4, 0.5) is 5.82 Å². The summed E-state index contributed by atoms with van der Waals surface area (Å²) in [6, 6.07) is 9.82. The molecule has 2 heterocycles. The van der Waals surface area contributed by atoms with Crippen LogP contribution in [0.1, 0.15) is 34.1 Å². The van der Waals surface area contributed by atoms with E-state index in [1.165, 1.54) is 7.11 Å². The molecule has 1 aliphatic heterocycles. The van der Waals surface area contributed by atoms with Gasteiger partial charge in [-0.15, -0.1) is 0 Å². The van der Waals surface area contributed by atoms with Gasteiger partial charge in [0.05, 0.1) is 30.2 Å². The third kappa shape index (κ3) is 3.55. The Hall–Kier alpha value is -2.12. The van der Waals surface area contributed by atoms with Crippen molar-refractivity contribution in [2.24, 2.45) is 0 Å². The van der Waals surface area contributed by atoms with E-state index < -0.39 is 18.3 Å². The molecule has 1 aromatic carbocycles. The molecule has 0 bridgehead atoms. The van der Waals surface area contributed by atoms with Gasteiger partial charge in [0, 0.05) is 11.9 Å². The van der Waals surface area contributed by atoms with E-state index in [1.54, 1.807) is 0 Å². The Morgan fingerprint density at radius 2 is 1.85 bits per heavy atom. The zero-order valence-electron chi connectivity index (χ0n) is 16.0. The average Bonchev–Trinajstić information content (AvgIpc) is 2.81. The van der Waals surface area contributed by atoms with E-state index in [4.69, 9.17) is 9.31 Å². The summed E-state index contributed by atoms with van der Waals surface area (Å²) in [5.74, 6) is 0.418. The highest BCUT2D eigenvalue weighted by Crippen LogP contribution is 2.37. The van der Waals surface area contributed by atoms with Crippen LogP contribution < -0.4 is 10.8 Å². The number of nitrogens with zero attached hydrogens (tertiary/aromatic N) is 1. The van der Waals surface area contributed by atoms with Gasteiger partial charge in [-0.25, -0.2) is 4.98 Å². The van der Waals surface area contributed by atoms with Crippen molar-refractivity contribution in [3.8, 4) is 0 Å². The zero-order valence-corrected chi connectivity index (χ0v) is 16.0. The van der Waals surface area contributed by atoms with E-state index >= 15 is 0 Å². The summed E-state index contributed by atoms with van der Waals surface area (Å²) in [6.45, 7) is 8.58. The average molecular weight is 356 g/mol. The summed E-state index contributed by atoms with van der Waals surface area (Å²) in [6.07, 6.45) is 0.275. The first-order valence-electron chi connectivity index (χ1n) is 8.79. The highest BCUT2D eigenvalue weighted by molar-refractivity contribution is 6.65. The number of hydrogen-bond donors (Lipinski definition) is 1. The fourth-order valence-electron chi connectivity index (χ4n) is 2.85. The van der Waals surface area contributed by atoms with Crippen molar-refractivity contribution in [3.05, 3.63) is 30.3 Å². The van der Waals surface area contributed by atoms with Gasteiger partial charge in [0.1, 0.15) is 5.82 Å². The topological polar surface area (TPSA) is 69.7 Å². The van der Waals surface area contributed by atoms with E-state index in [1.807, 2.05) is 58.0 Å². The Kier molecular flexibility index (Phi) is 4.95. The third-order valence-corrected chi connectivity index (χ3v) is 5.12. The molecule has 1 fully saturated rings. The maximum atomic E-state index is 11.3. The molecular formula is C19H25BN2O4. The standard InChI is InChI=1S/C19H25BN2O4/c1-18(2)19(3,4)26-20(25-18)14-12-16(21-11-10-17(23)24-5)22-15-9-7-6-8-13(14)15/h6-9,12H,10-11H2,1-5H3,(H,21,22). The van der Waals surface area contributed by atoms with E-state index in [9.17, 15) is 4.79 Å². The molecule has 0 amide bonds. The lowest BCUT2D eigenvalue weighted by molar-refractivity contribution is -0.140. The molecule has 7 heteroatoms. The van der Waals surface area contributed by atoms with E-state index in [2.05, 4.69) is 15.0 Å². The number of methoxy groups -OCH3 is 1. The fourth-order valence-corrected chi connectivity index (χ4v) is 2.85. The molecule has 26 heavy (non-hydrogen) atoms. The number of carbonyl (C=O) groups is 1. The molecule has 1 aromatic heterocycles. The summed E-state index contributed by atoms with van der Waals surface area (Å²) < 4.78 is 17.1. The number of para-hydroxylation sites is 1. The molecule has 0 atom stereocenters. The summed E-state index contributed by atoms with van der Waals surface area (Å²) in [7, 11) is 0.904. The highest BCUT2D eigenvalue weighted by Gasteiger charge is 2.52. The van der Waals surface area contributed by atoms with Gasteiger partial charge in [0.2, 0.25) is 0 Å². The van der Waals surface area contributed by atoms with Gasteiger partial charge >= 0.3 is 13.1 Å². The van der Waals surface area contributed by atoms with Crippen molar-refractivity contribution in [3.63, 3.8) is 0 Å². The molecule has 6 nitrogen and oxygen atoms in total. The van der Waals surface area contributed by atoms with Gasteiger partial charge in [0.25, 0.3) is 0 Å². The Morgan fingerprint density at radius 3 is 2.50 bits per heavy atom. The number of pyridine rings is 1. The van der Waals surface area contributed by atoms with Crippen LogP contribution in [0.3, 0.4) is 0 Å². The molecule has 0 unspecified atom stereocenters. The van der Waals surface area contributed by atoms with Crippen molar-refractivity contribution in [2.45, 2.75) is 45.3 Å². The van der Waals surface area contributed by atoms with Crippen LogP contribution in [0.2, 0.25) is 0 Å². The van der Waals surface area contributed by atoms with Crippen LogP contribution in [-0.4, -0.2) is 42.9 Å². The first-order chi connectivity index (χ1) is 12.2. The second kappa shape index (κ2) is 6.89. The van der Waals surface area contributed by atoms with Crippen molar-refractivity contribution >= 4 is 35.3 Å². The smallest absolute Gasteiger partial charge is 0.469 e. The number of esters is 1. The fraction of sp³-hybridized carbons (Fsp3) is 0.474. The predicted molar refractivity (Wildman–Crippen MR) is 103 cm³/mol. The van der Waals surface area contributed by atoms with Gasteiger partial charge in [-0.05, 0) is 45.3 Å².